The van der Waals surface area contributed by atoms with E-state index in [1.165, 1.54) is 12.1 Å². The van der Waals surface area contributed by atoms with Gasteiger partial charge in [0, 0.05) is 16.6 Å². The Balaban J connectivity index is 2.18. The fourth-order valence-corrected chi connectivity index (χ4v) is 2.25. The molecule has 0 radical (unpaired) electrons. The largest absolute Gasteiger partial charge is 0.486 e. The summed E-state index contributed by atoms with van der Waals surface area (Å²) in [4.78, 5) is 0. The summed E-state index contributed by atoms with van der Waals surface area (Å²) in [7, 11) is 1.78. The van der Waals surface area contributed by atoms with Crippen LogP contribution in [0.1, 0.15) is 11.1 Å². The molecule has 0 bridgehead atoms. The minimum absolute atomic E-state index is 0.184. The fraction of sp³-hybridized carbons (Fsp3) is 0.200. The lowest BCUT2D eigenvalue weighted by Crippen LogP contribution is -2.07. The van der Waals surface area contributed by atoms with Gasteiger partial charge in [0.25, 0.3) is 0 Å². The molecule has 0 amide bonds. The van der Waals surface area contributed by atoms with Gasteiger partial charge in [-0.15, -0.1) is 0 Å². The van der Waals surface area contributed by atoms with Gasteiger partial charge in [-0.1, -0.05) is 22.0 Å². The quantitative estimate of drug-likeness (QED) is 0.809. The number of hydrogen-bond acceptors (Lipinski definition) is 2. The molecule has 2 aromatic carbocycles. The van der Waals surface area contributed by atoms with Crippen LogP contribution in [0, 0.1) is 17.5 Å². The van der Waals surface area contributed by atoms with Crippen LogP contribution in [-0.2, 0) is 13.2 Å². The molecule has 112 valence electrons. The fourth-order valence-electron chi connectivity index (χ4n) is 1.85. The Morgan fingerprint density at radius 1 is 1.10 bits per heavy atom. The molecule has 21 heavy (non-hydrogen) atoms. The third kappa shape index (κ3) is 3.98. The monoisotopic (exact) mass is 359 g/mol. The first-order valence-electron chi connectivity index (χ1n) is 6.20. The number of rotatable bonds is 5. The Morgan fingerprint density at radius 2 is 1.86 bits per heavy atom. The highest BCUT2D eigenvalue weighted by Crippen LogP contribution is 2.26. The minimum Gasteiger partial charge on any atom is -0.486 e. The molecule has 0 aliphatic heterocycles. The highest BCUT2D eigenvalue weighted by molar-refractivity contribution is 9.10. The van der Waals surface area contributed by atoms with E-state index in [0.717, 1.165) is 11.6 Å². The summed E-state index contributed by atoms with van der Waals surface area (Å²) in [6.07, 6.45) is 0. The van der Waals surface area contributed by atoms with Gasteiger partial charge in [0.2, 0.25) is 5.82 Å². The van der Waals surface area contributed by atoms with Crippen molar-refractivity contribution in [2.24, 2.45) is 0 Å². The SMILES string of the molecule is CNCc1ccc(F)c(COc2cc(Br)cc(F)c2F)c1. The molecule has 0 aliphatic rings. The van der Waals surface area contributed by atoms with Crippen molar-refractivity contribution in [1.29, 1.82) is 0 Å². The first kappa shape index (κ1) is 15.9. The van der Waals surface area contributed by atoms with Crippen LogP contribution >= 0.6 is 15.9 Å². The summed E-state index contributed by atoms with van der Waals surface area (Å²) in [5.74, 6) is -2.83. The van der Waals surface area contributed by atoms with E-state index in [1.807, 2.05) is 0 Å². The third-order valence-corrected chi connectivity index (χ3v) is 3.29. The molecule has 2 nitrogen and oxygen atoms in total. The number of nitrogens with one attached hydrogen (secondary N) is 1. The van der Waals surface area contributed by atoms with Gasteiger partial charge in [0.05, 0.1) is 0 Å². The molecule has 0 saturated heterocycles. The Morgan fingerprint density at radius 3 is 2.57 bits per heavy atom. The van der Waals surface area contributed by atoms with Crippen LogP contribution in [0.2, 0.25) is 0 Å². The van der Waals surface area contributed by atoms with E-state index in [9.17, 15) is 13.2 Å². The van der Waals surface area contributed by atoms with Crippen molar-refractivity contribution >= 4 is 15.9 Å². The Kier molecular flexibility index (Phi) is 5.25. The summed E-state index contributed by atoms with van der Waals surface area (Å²) < 4.78 is 46.0. The van der Waals surface area contributed by atoms with Crippen molar-refractivity contribution in [1.82, 2.24) is 5.32 Å². The van der Waals surface area contributed by atoms with Crippen LogP contribution in [-0.4, -0.2) is 7.05 Å². The first-order chi connectivity index (χ1) is 10.0. The highest BCUT2D eigenvalue weighted by atomic mass is 79.9. The maximum Gasteiger partial charge on any atom is 0.200 e. The maximum absolute atomic E-state index is 13.7. The van der Waals surface area contributed by atoms with Crippen LogP contribution in [0.3, 0.4) is 0 Å². The summed E-state index contributed by atoms with van der Waals surface area (Å²) in [5.41, 5.74) is 1.15. The van der Waals surface area contributed by atoms with E-state index in [-0.39, 0.29) is 17.9 Å². The average Bonchev–Trinajstić information content (AvgIpc) is 2.44. The molecule has 6 heteroatoms. The van der Waals surface area contributed by atoms with Gasteiger partial charge in [0.1, 0.15) is 12.4 Å². The minimum atomic E-state index is -1.09. The molecule has 2 rings (SSSR count). The number of hydrogen-bond donors (Lipinski definition) is 1. The standard InChI is InChI=1S/C15H13BrF3NO/c1-20-7-9-2-3-12(17)10(4-9)8-21-14-6-11(16)5-13(18)15(14)19/h2-6,20H,7-8H2,1H3. The summed E-state index contributed by atoms with van der Waals surface area (Å²) in [6, 6.07) is 6.89. The lowest BCUT2D eigenvalue weighted by atomic mass is 10.1. The van der Waals surface area contributed by atoms with E-state index in [2.05, 4.69) is 21.2 Å². The topological polar surface area (TPSA) is 21.3 Å². The normalized spacial score (nSPS) is 10.7. The smallest absolute Gasteiger partial charge is 0.200 e. The van der Waals surface area contributed by atoms with Gasteiger partial charge in [-0.25, -0.2) is 8.78 Å². The van der Waals surface area contributed by atoms with Crippen LogP contribution in [0.15, 0.2) is 34.8 Å². The molecule has 2 aromatic rings. The zero-order chi connectivity index (χ0) is 15.4. The summed E-state index contributed by atoms with van der Waals surface area (Å²) in [5, 5.41) is 2.95. The Labute approximate surface area is 129 Å². The van der Waals surface area contributed by atoms with Gasteiger partial charge in [0.15, 0.2) is 11.6 Å². The number of ether oxygens (including phenoxy) is 1. The molecule has 0 saturated carbocycles. The van der Waals surface area contributed by atoms with Gasteiger partial charge < -0.3 is 10.1 Å². The molecule has 0 spiro atoms. The third-order valence-electron chi connectivity index (χ3n) is 2.83. The van der Waals surface area contributed by atoms with Crippen molar-refractivity contribution in [2.75, 3.05) is 7.05 Å². The van der Waals surface area contributed by atoms with E-state index in [4.69, 9.17) is 4.74 Å². The molecule has 0 heterocycles. The second kappa shape index (κ2) is 6.95. The molecule has 1 N–H and O–H groups in total. The second-order valence-corrected chi connectivity index (χ2v) is 5.36. The summed E-state index contributed by atoms with van der Waals surface area (Å²) >= 11 is 3.05. The van der Waals surface area contributed by atoms with Gasteiger partial charge >= 0.3 is 0 Å². The molecule has 0 unspecified atom stereocenters. The average molecular weight is 360 g/mol. The number of benzene rings is 2. The highest BCUT2D eigenvalue weighted by Gasteiger charge is 2.12. The molecular formula is C15H13BrF3NO. The predicted octanol–water partition coefficient (Wildman–Crippen LogP) is 4.16. The van der Waals surface area contributed by atoms with Crippen molar-refractivity contribution in [3.05, 3.63) is 63.4 Å². The van der Waals surface area contributed by atoms with Crippen LogP contribution in [0.25, 0.3) is 0 Å². The maximum atomic E-state index is 13.7. The van der Waals surface area contributed by atoms with Crippen molar-refractivity contribution in [2.45, 2.75) is 13.2 Å². The summed E-state index contributed by atoms with van der Waals surface area (Å²) in [6.45, 7) is 0.392. The Bertz CT molecular complexity index is 649. The zero-order valence-corrected chi connectivity index (χ0v) is 12.8. The van der Waals surface area contributed by atoms with Crippen LogP contribution in [0.5, 0.6) is 5.75 Å². The zero-order valence-electron chi connectivity index (χ0n) is 11.2. The van der Waals surface area contributed by atoms with Crippen LogP contribution < -0.4 is 10.1 Å². The lowest BCUT2D eigenvalue weighted by Gasteiger charge is -2.10. The van der Waals surface area contributed by atoms with E-state index in [0.29, 0.717) is 11.0 Å². The van der Waals surface area contributed by atoms with Crippen molar-refractivity contribution in [3.63, 3.8) is 0 Å². The Hall–Kier alpha value is -1.53. The lowest BCUT2D eigenvalue weighted by molar-refractivity contribution is 0.279. The van der Waals surface area contributed by atoms with Gasteiger partial charge in [-0.2, -0.15) is 4.39 Å². The molecule has 0 fully saturated rings. The molecule has 0 aliphatic carbocycles. The van der Waals surface area contributed by atoms with E-state index < -0.39 is 17.5 Å². The second-order valence-electron chi connectivity index (χ2n) is 4.44. The molecular weight excluding hydrogens is 347 g/mol. The first-order valence-corrected chi connectivity index (χ1v) is 7.00. The van der Waals surface area contributed by atoms with E-state index >= 15 is 0 Å². The van der Waals surface area contributed by atoms with Crippen molar-refractivity contribution in [3.8, 4) is 5.75 Å². The van der Waals surface area contributed by atoms with Crippen molar-refractivity contribution < 1.29 is 17.9 Å². The van der Waals surface area contributed by atoms with Crippen LogP contribution in [0.4, 0.5) is 13.2 Å². The predicted molar refractivity (Wildman–Crippen MR) is 77.6 cm³/mol. The molecule has 0 atom stereocenters. The van der Waals surface area contributed by atoms with E-state index in [1.54, 1.807) is 19.2 Å². The van der Waals surface area contributed by atoms with Gasteiger partial charge in [-0.05, 0) is 36.9 Å². The number of halogens is 4. The van der Waals surface area contributed by atoms with Gasteiger partial charge in [-0.3, -0.25) is 0 Å². The molecule has 0 aromatic heterocycles.